The van der Waals surface area contributed by atoms with Crippen molar-refractivity contribution in [1.82, 2.24) is 20.4 Å². The number of nitrogens with one attached hydrogen (secondary N) is 2. The van der Waals surface area contributed by atoms with Gasteiger partial charge in [-0.3, -0.25) is 14.7 Å². The van der Waals surface area contributed by atoms with Crippen molar-refractivity contribution in [3.8, 4) is 0 Å². The van der Waals surface area contributed by atoms with E-state index in [0.29, 0.717) is 18.0 Å². The molecule has 2 rings (SSSR count). The molecule has 1 heterocycles. The maximum atomic E-state index is 11.9. The summed E-state index contributed by atoms with van der Waals surface area (Å²) in [6, 6.07) is 0.454. The number of hydrogen-bond donors (Lipinski definition) is 2. The van der Waals surface area contributed by atoms with Crippen molar-refractivity contribution in [2.45, 2.75) is 52.5 Å². The number of halogens is 1. The minimum absolute atomic E-state index is 0. The Morgan fingerprint density at radius 2 is 1.80 bits per heavy atom. The molecule has 0 bridgehead atoms. The lowest BCUT2D eigenvalue weighted by atomic mass is 9.91. The Bertz CT molecular complexity index is 437. The first-order valence-corrected chi connectivity index (χ1v) is 9.35. The van der Waals surface area contributed by atoms with Crippen LogP contribution in [0, 0.1) is 5.41 Å². The van der Waals surface area contributed by atoms with Gasteiger partial charge in [0, 0.05) is 45.8 Å². The molecule has 1 aliphatic heterocycles. The van der Waals surface area contributed by atoms with Crippen LogP contribution in [0.25, 0.3) is 0 Å². The van der Waals surface area contributed by atoms with E-state index in [1.807, 2.05) is 7.05 Å². The van der Waals surface area contributed by atoms with Crippen molar-refractivity contribution in [1.29, 1.82) is 0 Å². The van der Waals surface area contributed by atoms with E-state index >= 15 is 0 Å². The molecule has 0 aromatic carbocycles. The molecule has 0 radical (unpaired) electrons. The predicted molar refractivity (Wildman–Crippen MR) is 115 cm³/mol. The molecule has 1 saturated heterocycles. The lowest BCUT2D eigenvalue weighted by molar-refractivity contribution is -0.122. The largest absolute Gasteiger partial charge is 0.356 e. The molecule has 25 heavy (non-hydrogen) atoms. The molecule has 1 saturated carbocycles. The van der Waals surface area contributed by atoms with Crippen LogP contribution in [0.2, 0.25) is 0 Å². The summed E-state index contributed by atoms with van der Waals surface area (Å²) in [6.07, 6.45) is 4.66. The van der Waals surface area contributed by atoms with Gasteiger partial charge in [-0.05, 0) is 31.1 Å². The standard InChI is InChI=1S/C18H35N5O.HI/c1-18(2,3)8-5-9-20-17(19-4)23-12-10-22(11-13-23)14-16(24)21-15-6-7-15;/h15H,5-14H2,1-4H3,(H,19,20)(H,21,24);1H. The highest BCUT2D eigenvalue weighted by Crippen LogP contribution is 2.20. The van der Waals surface area contributed by atoms with Gasteiger partial charge < -0.3 is 15.5 Å². The summed E-state index contributed by atoms with van der Waals surface area (Å²) in [7, 11) is 1.85. The van der Waals surface area contributed by atoms with E-state index in [9.17, 15) is 4.79 Å². The topological polar surface area (TPSA) is 60.0 Å². The van der Waals surface area contributed by atoms with Crippen LogP contribution in [0.3, 0.4) is 0 Å². The first kappa shape index (κ1) is 22.5. The van der Waals surface area contributed by atoms with Gasteiger partial charge in [0.15, 0.2) is 5.96 Å². The highest BCUT2D eigenvalue weighted by atomic mass is 127. The van der Waals surface area contributed by atoms with Crippen molar-refractivity contribution in [2.75, 3.05) is 46.3 Å². The number of aliphatic imine (C=N–C) groups is 1. The fourth-order valence-corrected chi connectivity index (χ4v) is 2.97. The van der Waals surface area contributed by atoms with Crippen molar-refractivity contribution >= 4 is 35.8 Å². The van der Waals surface area contributed by atoms with Crippen LogP contribution in [0.4, 0.5) is 0 Å². The maximum absolute atomic E-state index is 11.9. The molecule has 0 aromatic heterocycles. The van der Waals surface area contributed by atoms with Crippen LogP contribution in [0.5, 0.6) is 0 Å². The van der Waals surface area contributed by atoms with Gasteiger partial charge in [0.2, 0.25) is 5.91 Å². The first-order chi connectivity index (χ1) is 11.4. The predicted octanol–water partition coefficient (Wildman–Crippen LogP) is 1.90. The average molecular weight is 465 g/mol. The second-order valence-electron chi connectivity index (χ2n) is 8.24. The number of carbonyl (C=O) groups is 1. The van der Waals surface area contributed by atoms with E-state index in [4.69, 9.17) is 0 Å². The molecule has 6 nitrogen and oxygen atoms in total. The third kappa shape index (κ3) is 9.08. The van der Waals surface area contributed by atoms with Crippen LogP contribution in [-0.2, 0) is 4.79 Å². The number of amides is 1. The number of piperazine rings is 1. The molecule has 1 aliphatic carbocycles. The molecule has 2 N–H and O–H groups in total. The number of rotatable bonds is 6. The van der Waals surface area contributed by atoms with E-state index in [0.717, 1.165) is 57.9 Å². The Labute approximate surface area is 170 Å². The lowest BCUT2D eigenvalue weighted by Gasteiger charge is -2.36. The number of guanidine groups is 1. The Kier molecular flexibility index (Phi) is 9.48. The summed E-state index contributed by atoms with van der Waals surface area (Å²) >= 11 is 0. The molecule has 7 heteroatoms. The fraction of sp³-hybridized carbons (Fsp3) is 0.889. The van der Waals surface area contributed by atoms with Crippen molar-refractivity contribution in [3.63, 3.8) is 0 Å². The zero-order chi connectivity index (χ0) is 17.6. The molecule has 0 aromatic rings. The van der Waals surface area contributed by atoms with Crippen molar-refractivity contribution in [3.05, 3.63) is 0 Å². The summed E-state index contributed by atoms with van der Waals surface area (Å²) in [4.78, 5) is 20.8. The van der Waals surface area contributed by atoms with E-state index in [-0.39, 0.29) is 29.9 Å². The van der Waals surface area contributed by atoms with Gasteiger partial charge in [0.25, 0.3) is 0 Å². The molecule has 2 aliphatic rings. The van der Waals surface area contributed by atoms with Crippen LogP contribution in [0.1, 0.15) is 46.5 Å². The summed E-state index contributed by atoms with van der Waals surface area (Å²) < 4.78 is 0. The summed E-state index contributed by atoms with van der Waals surface area (Å²) in [5.74, 6) is 1.17. The Hall–Kier alpha value is -0.570. The van der Waals surface area contributed by atoms with E-state index < -0.39 is 0 Å². The molecular weight excluding hydrogens is 429 g/mol. The highest BCUT2D eigenvalue weighted by Gasteiger charge is 2.25. The lowest BCUT2D eigenvalue weighted by Crippen LogP contribution is -2.54. The Morgan fingerprint density at radius 1 is 1.16 bits per heavy atom. The van der Waals surface area contributed by atoms with Gasteiger partial charge in [-0.1, -0.05) is 20.8 Å². The minimum Gasteiger partial charge on any atom is -0.356 e. The van der Waals surface area contributed by atoms with Crippen LogP contribution in [0.15, 0.2) is 4.99 Å². The molecular formula is C18H36IN5O. The number of nitrogens with zero attached hydrogens (tertiary/aromatic N) is 3. The maximum Gasteiger partial charge on any atom is 0.234 e. The van der Waals surface area contributed by atoms with Gasteiger partial charge in [-0.25, -0.2) is 0 Å². The normalized spacial score (nSPS) is 19.4. The molecule has 146 valence electrons. The average Bonchev–Trinajstić information content (AvgIpc) is 3.31. The molecule has 0 spiro atoms. The smallest absolute Gasteiger partial charge is 0.234 e. The number of carbonyl (C=O) groups excluding carboxylic acids is 1. The zero-order valence-corrected chi connectivity index (χ0v) is 18.6. The summed E-state index contributed by atoms with van der Waals surface area (Å²) in [5.41, 5.74) is 0.387. The van der Waals surface area contributed by atoms with Crippen LogP contribution >= 0.6 is 24.0 Å². The van der Waals surface area contributed by atoms with Gasteiger partial charge in [0.1, 0.15) is 0 Å². The molecule has 0 atom stereocenters. The second-order valence-corrected chi connectivity index (χ2v) is 8.24. The molecule has 1 amide bonds. The fourth-order valence-electron chi connectivity index (χ4n) is 2.97. The Balaban J connectivity index is 0.00000312. The zero-order valence-electron chi connectivity index (χ0n) is 16.3. The summed E-state index contributed by atoms with van der Waals surface area (Å²) in [6.45, 7) is 12.0. The van der Waals surface area contributed by atoms with E-state index in [2.05, 4.69) is 46.2 Å². The Morgan fingerprint density at radius 3 is 2.32 bits per heavy atom. The SMILES string of the molecule is CN=C(NCCCC(C)(C)C)N1CCN(CC(=O)NC2CC2)CC1.I. The second kappa shape index (κ2) is 10.5. The van der Waals surface area contributed by atoms with Crippen molar-refractivity contribution in [2.24, 2.45) is 10.4 Å². The van der Waals surface area contributed by atoms with E-state index in [1.165, 1.54) is 6.42 Å². The molecule has 0 unspecified atom stereocenters. The van der Waals surface area contributed by atoms with Gasteiger partial charge in [-0.15, -0.1) is 24.0 Å². The quantitative estimate of drug-likeness (QED) is 0.272. The van der Waals surface area contributed by atoms with Gasteiger partial charge in [-0.2, -0.15) is 0 Å². The third-order valence-corrected chi connectivity index (χ3v) is 4.58. The van der Waals surface area contributed by atoms with Crippen LogP contribution in [-0.4, -0.2) is 74.0 Å². The molecule has 2 fully saturated rings. The first-order valence-electron chi connectivity index (χ1n) is 9.35. The van der Waals surface area contributed by atoms with E-state index in [1.54, 1.807) is 0 Å². The highest BCUT2D eigenvalue weighted by molar-refractivity contribution is 14.0. The van der Waals surface area contributed by atoms with Crippen molar-refractivity contribution < 1.29 is 4.79 Å². The van der Waals surface area contributed by atoms with Gasteiger partial charge >= 0.3 is 0 Å². The monoisotopic (exact) mass is 465 g/mol. The number of hydrogen-bond acceptors (Lipinski definition) is 3. The third-order valence-electron chi connectivity index (χ3n) is 4.58. The van der Waals surface area contributed by atoms with Crippen LogP contribution < -0.4 is 10.6 Å². The van der Waals surface area contributed by atoms with Gasteiger partial charge in [0.05, 0.1) is 6.54 Å². The minimum atomic E-state index is 0. The summed E-state index contributed by atoms with van der Waals surface area (Å²) in [5, 5.41) is 6.54.